The van der Waals surface area contributed by atoms with Crippen LogP contribution >= 0.6 is 11.3 Å². The lowest BCUT2D eigenvalue weighted by Crippen LogP contribution is -2.34. The van der Waals surface area contributed by atoms with Gasteiger partial charge < -0.3 is 14.8 Å². The molecule has 1 N–H and O–H groups in total. The van der Waals surface area contributed by atoms with E-state index < -0.39 is 0 Å². The molecule has 174 valence electrons. The van der Waals surface area contributed by atoms with Crippen LogP contribution in [-0.2, 0) is 17.8 Å². The molecule has 9 heteroatoms. The second kappa shape index (κ2) is 10.8. The number of nitrogens with one attached hydrogen (secondary N) is 1. The Balaban J connectivity index is 1.37. The molecule has 2 aromatic heterocycles. The Morgan fingerprint density at radius 1 is 1.00 bits per heavy atom. The van der Waals surface area contributed by atoms with Crippen LogP contribution in [0.3, 0.4) is 0 Å². The minimum absolute atomic E-state index is 0.174. The normalized spacial score (nSPS) is 10.6. The Hall–Kier alpha value is -3.98. The molecule has 4 rings (SSSR count). The lowest BCUT2D eigenvalue weighted by Gasteiger charge is -2.11. The highest BCUT2D eigenvalue weighted by atomic mass is 32.1. The third kappa shape index (κ3) is 5.49. The molecule has 8 nitrogen and oxygen atoms in total. The van der Waals surface area contributed by atoms with Crippen molar-refractivity contribution >= 4 is 17.2 Å². The van der Waals surface area contributed by atoms with Crippen LogP contribution < -0.4 is 20.3 Å². The Bertz CT molecular complexity index is 1330. The Labute approximate surface area is 200 Å². The summed E-state index contributed by atoms with van der Waals surface area (Å²) in [5.41, 5.74) is 2.91. The molecule has 0 fully saturated rings. The molecular formula is C25H24N4O4S. The Morgan fingerprint density at radius 2 is 1.79 bits per heavy atom. The number of hydrogen-bond donors (Lipinski definition) is 1. The van der Waals surface area contributed by atoms with Crippen molar-refractivity contribution < 1.29 is 14.3 Å². The standard InChI is InChI=1S/C25H24N4O4S/c1-32-21-10-8-18(14-22(21)33-2)20-9-11-24(31)29(28-20)15-23(30)26-13-12-19-16-34-25(27-19)17-6-4-3-5-7-17/h3-11,14,16H,12-13,15H2,1-2H3,(H,26,30). The first-order valence-electron chi connectivity index (χ1n) is 10.6. The third-order valence-corrected chi connectivity index (χ3v) is 6.06. The van der Waals surface area contributed by atoms with E-state index in [9.17, 15) is 9.59 Å². The van der Waals surface area contributed by atoms with Gasteiger partial charge in [-0.1, -0.05) is 30.3 Å². The fourth-order valence-corrected chi connectivity index (χ4v) is 4.23. The number of ether oxygens (including phenoxy) is 2. The fourth-order valence-electron chi connectivity index (χ4n) is 3.37. The van der Waals surface area contributed by atoms with Gasteiger partial charge in [0, 0.05) is 35.5 Å². The van der Waals surface area contributed by atoms with Crippen LogP contribution in [0.4, 0.5) is 0 Å². The van der Waals surface area contributed by atoms with Gasteiger partial charge in [-0.15, -0.1) is 11.3 Å². The molecule has 0 unspecified atom stereocenters. The maximum atomic E-state index is 12.4. The first kappa shape index (κ1) is 23.2. The topological polar surface area (TPSA) is 95.3 Å². The lowest BCUT2D eigenvalue weighted by atomic mass is 10.1. The van der Waals surface area contributed by atoms with E-state index in [4.69, 9.17) is 9.47 Å². The van der Waals surface area contributed by atoms with E-state index in [1.807, 2.05) is 41.8 Å². The molecule has 0 aliphatic carbocycles. The van der Waals surface area contributed by atoms with Crippen LogP contribution in [0.15, 0.2) is 70.8 Å². The molecule has 4 aromatic rings. The van der Waals surface area contributed by atoms with Crippen molar-refractivity contribution in [3.8, 4) is 33.3 Å². The van der Waals surface area contributed by atoms with Crippen molar-refractivity contribution in [1.29, 1.82) is 0 Å². The number of carbonyl (C=O) groups excluding carboxylic acids is 1. The van der Waals surface area contributed by atoms with Crippen LogP contribution in [0.2, 0.25) is 0 Å². The summed E-state index contributed by atoms with van der Waals surface area (Å²) in [7, 11) is 3.11. The average molecular weight is 477 g/mol. The average Bonchev–Trinajstić information content (AvgIpc) is 3.34. The monoisotopic (exact) mass is 476 g/mol. The summed E-state index contributed by atoms with van der Waals surface area (Å²) in [6, 6.07) is 18.3. The summed E-state index contributed by atoms with van der Waals surface area (Å²) in [5, 5.41) is 10.1. The van der Waals surface area contributed by atoms with Crippen molar-refractivity contribution in [1.82, 2.24) is 20.1 Å². The fraction of sp³-hybridized carbons (Fsp3) is 0.200. The van der Waals surface area contributed by atoms with Crippen LogP contribution in [0.5, 0.6) is 11.5 Å². The van der Waals surface area contributed by atoms with Gasteiger partial charge in [-0.05, 0) is 24.3 Å². The Morgan fingerprint density at radius 3 is 2.56 bits per heavy atom. The zero-order valence-electron chi connectivity index (χ0n) is 18.9. The van der Waals surface area contributed by atoms with E-state index in [2.05, 4.69) is 15.4 Å². The predicted molar refractivity (Wildman–Crippen MR) is 131 cm³/mol. The number of nitrogens with zero attached hydrogens (tertiary/aromatic N) is 3. The van der Waals surface area contributed by atoms with Gasteiger partial charge in [0.2, 0.25) is 5.91 Å². The predicted octanol–water partition coefficient (Wildman–Crippen LogP) is 3.41. The molecule has 0 saturated heterocycles. The minimum Gasteiger partial charge on any atom is -0.493 e. The van der Waals surface area contributed by atoms with Crippen molar-refractivity contribution in [2.45, 2.75) is 13.0 Å². The molecule has 1 amide bonds. The minimum atomic E-state index is -0.355. The first-order chi connectivity index (χ1) is 16.6. The maximum absolute atomic E-state index is 12.4. The van der Waals surface area contributed by atoms with Crippen molar-refractivity contribution in [3.63, 3.8) is 0 Å². The highest BCUT2D eigenvalue weighted by Gasteiger charge is 2.11. The van der Waals surface area contributed by atoms with Gasteiger partial charge in [0.25, 0.3) is 5.56 Å². The molecule has 0 aliphatic heterocycles. The van der Waals surface area contributed by atoms with Crippen molar-refractivity contribution in [2.24, 2.45) is 0 Å². The van der Waals surface area contributed by atoms with Crippen LogP contribution in [0.1, 0.15) is 5.69 Å². The largest absolute Gasteiger partial charge is 0.493 e. The zero-order chi connectivity index (χ0) is 23.9. The summed E-state index contributed by atoms with van der Waals surface area (Å²) >= 11 is 1.57. The number of benzene rings is 2. The summed E-state index contributed by atoms with van der Waals surface area (Å²) in [4.78, 5) is 29.3. The van der Waals surface area contributed by atoms with Gasteiger partial charge in [-0.3, -0.25) is 9.59 Å². The number of hydrogen-bond acceptors (Lipinski definition) is 7. The van der Waals surface area contributed by atoms with Gasteiger partial charge in [0.15, 0.2) is 11.5 Å². The van der Waals surface area contributed by atoms with E-state index in [0.717, 1.165) is 26.5 Å². The van der Waals surface area contributed by atoms with E-state index in [1.165, 1.54) is 6.07 Å². The highest BCUT2D eigenvalue weighted by Crippen LogP contribution is 2.31. The second-order valence-corrected chi connectivity index (χ2v) is 8.25. The van der Waals surface area contributed by atoms with Crippen molar-refractivity contribution in [2.75, 3.05) is 20.8 Å². The number of carbonyl (C=O) groups is 1. The Kier molecular flexibility index (Phi) is 7.34. The molecule has 0 spiro atoms. The maximum Gasteiger partial charge on any atom is 0.267 e. The summed E-state index contributed by atoms with van der Waals surface area (Å²) in [6.45, 7) is 0.243. The molecule has 0 bridgehead atoms. The van der Waals surface area contributed by atoms with E-state index in [1.54, 1.807) is 43.8 Å². The number of amides is 1. The van der Waals surface area contributed by atoms with Gasteiger partial charge in [0.1, 0.15) is 11.6 Å². The quantitative estimate of drug-likeness (QED) is 0.398. The number of rotatable bonds is 9. The SMILES string of the molecule is COc1ccc(-c2ccc(=O)n(CC(=O)NCCc3csc(-c4ccccc4)n3)n2)cc1OC. The highest BCUT2D eigenvalue weighted by molar-refractivity contribution is 7.13. The smallest absolute Gasteiger partial charge is 0.267 e. The van der Waals surface area contributed by atoms with Gasteiger partial charge in [0.05, 0.1) is 25.6 Å². The summed E-state index contributed by atoms with van der Waals surface area (Å²) in [6.07, 6.45) is 0.600. The van der Waals surface area contributed by atoms with E-state index in [-0.39, 0.29) is 18.0 Å². The molecule has 0 aliphatic rings. The van der Waals surface area contributed by atoms with Crippen LogP contribution in [0.25, 0.3) is 21.8 Å². The van der Waals surface area contributed by atoms with E-state index in [0.29, 0.717) is 30.2 Å². The van der Waals surface area contributed by atoms with Gasteiger partial charge in [-0.25, -0.2) is 9.67 Å². The van der Waals surface area contributed by atoms with Gasteiger partial charge in [-0.2, -0.15) is 5.10 Å². The summed E-state index contributed by atoms with van der Waals surface area (Å²) < 4.78 is 11.7. The molecule has 2 heterocycles. The molecule has 34 heavy (non-hydrogen) atoms. The first-order valence-corrected chi connectivity index (χ1v) is 11.5. The number of thiazole rings is 1. The molecule has 2 aromatic carbocycles. The number of methoxy groups -OCH3 is 2. The summed E-state index contributed by atoms with van der Waals surface area (Å²) in [5.74, 6) is 0.849. The third-order valence-electron chi connectivity index (χ3n) is 5.12. The lowest BCUT2D eigenvalue weighted by molar-refractivity contribution is -0.121. The van der Waals surface area contributed by atoms with Crippen molar-refractivity contribution in [3.05, 3.63) is 82.1 Å². The molecule has 0 atom stereocenters. The molecule has 0 saturated carbocycles. The molecular weight excluding hydrogens is 452 g/mol. The van der Waals surface area contributed by atoms with Gasteiger partial charge >= 0.3 is 0 Å². The molecule has 0 radical (unpaired) electrons. The van der Waals surface area contributed by atoms with Crippen LogP contribution in [-0.4, -0.2) is 41.4 Å². The number of aromatic nitrogens is 3. The second-order valence-electron chi connectivity index (χ2n) is 7.39. The van der Waals surface area contributed by atoms with Crippen LogP contribution in [0, 0.1) is 0 Å². The zero-order valence-corrected chi connectivity index (χ0v) is 19.7. The van der Waals surface area contributed by atoms with E-state index >= 15 is 0 Å².